The van der Waals surface area contributed by atoms with Crippen molar-refractivity contribution in [2.75, 3.05) is 12.3 Å². The fourth-order valence-electron chi connectivity index (χ4n) is 2.04. The molecular formula is C16H19NO3S. The Kier molecular flexibility index (Phi) is 4.53. The molecule has 0 heterocycles. The molecule has 0 aliphatic heterocycles. The molecule has 0 amide bonds. The minimum atomic E-state index is -3.42. The normalized spacial score (nSPS) is 11.3. The molecule has 0 saturated carbocycles. The first kappa shape index (κ1) is 15.4. The monoisotopic (exact) mass is 305 g/mol. The van der Waals surface area contributed by atoms with E-state index in [2.05, 4.69) is 0 Å². The van der Waals surface area contributed by atoms with Gasteiger partial charge in [-0.05, 0) is 44.2 Å². The molecule has 2 rings (SSSR count). The van der Waals surface area contributed by atoms with E-state index in [1.165, 1.54) is 0 Å². The quantitative estimate of drug-likeness (QED) is 0.862. The number of anilines is 1. The molecule has 4 nitrogen and oxygen atoms in total. The van der Waals surface area contributed by atoms with E-state index in [1.807, 2.05) is 13.8 Å². The zero-order valence-corrected chi connectivity index (χ0v) is 13.0. The first-order valence-corrected chi connectivity index (χ1v) is 8.38. The predicted octanol–water partition coefficient (Wildman–Crippen LogP) is 2.95. The standard InChI is InChI=1S/C16H19NO3S/c1-3-20-16-9-6-14(17)10-13(16)11-21(18,19)15-7-4-12(2)5-8-15/h4-10H,3,11,17H2,1-2H3. The maximum Gasteiger partial charge on any atom is 0.182 e. The first-order valence-electron chi connectivity index (χ1n) is 6.73. The summed E-state index contributed by atoms with van der Waals surface area (Å²) < 4.78 is 30.4. The molecule has 2 N–H and O–H groups in total. The van der Waals surface area contributed by atoms with Crippen LogP contribution in [0.2, 0.25) is 0 Å². The topological polar surface area (TPSA) is 69.4 Å². The van der Waals surface area contributed by atoms with Gasteiger partial charge in [0.1, 0.15) is 5.75 Å². The Morgan fingerprint density at radius 1 is 1.10 bits per heavy atom. The van der Waals surface area contributed by atoms with Crippen LogP contribution in [0.3, 0.4) is 0 Å². The van der Waals surface area contributed by atoms with Crippen LogP contribution in [0.5, 0.6) is 5.75 Å². The molecule has 0 aliphatic rings. The molecule has 0 fully saturated rings. The van der Waals surface area contributed by atoms with E-state index in [0.29, 0.717) is 28.5 Å². The minimum absolute atomic E-state index is 0.129. The van der Waals surface area contributed by atoms with Crippen LogP contribution < -0.4 is 10.5 Å². The van der Waals surface area contributed by atoms with Crippen LogP contribution in [0, 0.1) is 6.92 Å². The van der Waals surface area contributed by atoms with Crippen LogP contribution in [0.1, 0.15) is 18.1 Å². The Labute approximate surface area is 125 Å². The number of rotatable bonds is 5. The Morgan fingerprint density at radius 2 is 1.76 bits per heavy atom. The highest BCUT2D eigenvalue weighted by molar-refractivity contribution is 7.90. The first-order chi connectivity index (χ1) is 9.92. The summed E-state index contributed by atoms with van der Waals surface area (Å²) in [5.41, 5.74) is 7.87. The molecule has 0 spiro atoms. The minimum Gasteiger partial charge on any atom is -0.494 e. The third kappa shape index (κ3) is 3.76. The number of nitrogen functional groups attached to an aromatic ring is 1. The van der Waals surface area contributed by atoms with E-state index < -0.39 is 9.84 Å². The van der Waals surface area contributed by atoms with Gasteiger partial charge in [0.25, 0.3) is 0 Å². The summed E-state index contributed by atoms with van der Waals surface area (Å²) >= 11 is 0. The lowest BCUT2D eigenvalue weighted by molar-refractivity contribution is 0.337. The molecule has 0 aliphatic carbocycles. The molecule has 5 heteroatoms. The van der Waals surface area contributed by atoms with Gasteiger partial charge in [0.15, 0.2) is 9.84 Å². The maximum atomic E-state index is 12.5. The number of hydrogen-bond acceptors (Lipinski definition) is 4. The summed E-state index contributed by atoms with van der Waals surface area (Å²) in [6, 6.07) is 11.9. The second-order valence-corrected chi connectivity index (χ2v) is 6.86. The number of ether oxygens (including phenoxy) is 1. The predicted molar refractivity (Wildman–Crippen MR) is 84.1 cm³/mol. The highest BCUT2D eigenvalue weighted by atomic mass is 32.2. The molecule has 0 radical (unpaired) electrons. The van der Waals surface area contributed by atoms with Crippen molar-refractivity contribution in [3.63, 3.8) is 0 Å². The molecule has 0 bridgehead atoms. The number of aryl methyl sites for hydroxylation is 1. The van der Waals surface area contributed by atoms with Crippen molar-refractivity contribution >= 4 is 15.5 Å². The molecule has 112 valence electrons. The van der Waals surface area contributed by atoms with Crippen LogP contribution in [0.25, 0.3) is 0 Å². The second kappa shape index (κ2) is 6.18. The summed E-state index contributed by atoms with van der Waals surface area (Å²) in [7, 11) is -3.42. The van der Waals surface area contributed by atoms with E-state index in [-0.39, 0.29) is 5.75 Å². The molecule has 0 unspecified atom stereocenters. The van der Waals surface area contributed by atoms with Gasteiger partial charge in [0.05, 0.1) is 17.3 Å². The van der Waals surface area contributed by atoms with Gasteiger partial charge in [-0.15, -0.1) is 0 Å². The highest BCUT2D eigenvalue weighted by Gasteiger charge is 2.18. The number of benzene rings is 2. The molecule has 21 heavy (non-hydrogen) atoms. The summed E-state index contributed by atoms with van der Waals surface area (Å²) in [5, 5.41) is 0. The van der Waals surface area contributed by atoms with Crippen molar-refractivity contribution in [1.29, 1.82) is 0 Å². The number of hydrogen-bond donors (Lipinski definition) is 1. The Hall–Kier alpha value is -2.01. The fourth-order valence-corrected chi connectivity index (χ4v) is 3.39. The van der Waals surface area contributed by atoms with Gasteiger partial charge in [-0.1, -0.05) is 17.7 Å². The van der Waals surface area contributed by atoms with Crippen LogP contribution in [-0.4, -0.2) is 15.0 Å². The molecule has 0 saturated heterocycles. The third-order valence-electron chi connectivity index (χ3n) is 3.11. The summed E-state index contributed by atoms with van der Waals surface area (Å²) in [6.45, 7) is 4.25. The number of sulfone groups is 1. The molecule has 0 aromatic heterocycles. The fraction of sp³-hybridized carbons (Fsp3) is 0.250. The third-order valence-corrected chi connectivity index (χ3v) is 4.79. The highest BCUT2D eigenvalue weighted by Crippen LogP contribution is 2.26. The lowest BCUT2D eigenvalue weighted by atomic mass is 10.2. The van der Waals surface area contributed by atoms with Gasteiger partial charge in [-0.2, -0.15) is 0 Å². The van der Waals surface area contributed by atoms with Crippen molar-refractivity contribution in [1.82, 2.24) is 0 Å². The lowest BCUT2D eigenvalue weighted by Crippen LogP contribution is -2.07. The van der Waals surface area contributed by atoms with Gasteiger partial charge in [-0.25, -0.2) is 8.42 Å². The van der Waals surface area contributed by atoms with Crippen LogP contribution in [0.4, 0.5) is 5.69 Å². The Bertz CT molecular complexity index is 722. The summed E-state index contributed by atoms with van der Waals surface area (Å²) in [4.78, 5) is 0.304. The molecule has 2 aromatic carbocycles. The summed E-state index contributed by atoms with van der Waals surface area (Å²) in [5.74, 6) is 0.429. The Morgan fingerprint density at radius 3 is 2.38 bits per heavy atom. The van der Waals surface area contributed by atoms with E-state index in [1.54, 1.807) is 42.5 Å². The SMILES string of the molecule is CCOc1ccc(N)cc1CS(=O)(=O)c1ccc(C)cc1. The van der Waals surface area contributed by atoms with Gasteiger partial charge in [0, 0.05) is 11.3 Å². The van der Waals surface area contributed by atoms with Crippen LogP contribution in [-0.2, 0) is 15.6 Å². The smallest absolute Gasteiger partial charge is 0.182 e. The average molecular weight is 305 g/mol. The van der Waals surface area contributed by atoms with E-state index in [9.17, 15) is 8.42 Å². The molecular weight excluding hydrogens is 286 g/mol. The van der Waals surface area contributed by atoms with Crippen molar-refractivity contribution in [2.45, 2.75) is 24.5 Å². The average Bonchev–Trinajstić information content (AvgIpc) is 2.42. The van der Waals surface area contributed by atoms with Gasteiger partial charge in [0.2, 0.25) is 0 Å². The largest absolute Gasteiger partial charge is 0.494 e. The maximum absolute atomic E-state index is 12.5. The van der Waals surface area contributed by atoms with Gasteiger partial charge < -0.3 is 10.5 Å². The van der Waals surface area contributed by atoms with E-state index in [0.717, 1.165) is 5.56 Å². The van der Waals surface area contributed by atoms with E-state index >= 15 is 0 Å². The van der Waals surface area contributed by atoms with Crippen molar-refractivity contribution in [2.24, 2.45) is 0 Å². The molecule has 2 aromatic rings. The number of nitrogens with two attached hydrogens (primary N) is 1. The zero-order valence-electron chi connectivity index (χ0n) is 12.2. The van der Waals surface area contributed by atoms with Gasteiger partial charge >= 0.3 is 0 Å². The Balaban J connectivity index is 2.36. The van der Waals surface area contributed by atoms with Crippen molar-refractivity contribution in [3.8, 4) is 5.75 Å². The van der Waals surface area contributed by atoms with Crippen molar-refractivity contribution in [3.05, 3.63) is 53.6 Å². The van der Waals surface area contributed by atoms with Gasteiger partial charge in [-0.3, -0.25) is 0 Å². The molecule has 0 atom stereocenters. The van der Waals surface area contributed by atoms with Crippen molar-refractivity contribution < 1.29 is 13.2 Å². The second-order valence-electron chi connectivity index (χ2n) is 4.87. The van der Waals surface area contributed by atoms with E-state index in [4.69, 9.17) is 10.5 Å². The van der Waals surface area contributed by atoms with Crippen LogP contribution >= 0.6 is 0 Å². The lowest BCUT2D eigenvalue weighted by Gasteiger charge is -2.11. The zero-order chi connectivity index (χ0) is 15.5. The van der Waals surface area contributed by atoms with Crippen LogP contribution in [0.15, 0.2) is 47.4 Å². The summed E-state index contributed by atoms with van der Waals surface area (Å²) in [6.07, 6.45) is 0.